The van der Waals surface area contributed by atoms with Crippen molar-refractivity contribution in [1.82, 2.24) is 5.32 Å². The summed E-state index contributed by atoms with van der Waals surface area (Å²) in [4.78, 5) is 23.3. The number of hydrogen-bond acceptors (Lipinski definition) is 3. The lowest BCUT2D eigenvalue weighted by Gasteiger charge is -2.26. The normalized spacial score (nSPS) is 13.1. The summed E-state index contributed by atoms with van der Waals surface area (Å²) < 4.78 is 5.09. The number of carboxylic acid groups (broad SMARTS) is 1. The molecule has 0 aliphatic rings. The first kappa shape index (κ1) is 16.8. The second-order valence-electron chi connectivity index (χ2n) is 5.15. The van der Waals surface area contributed by atoms with Crippen molar-refractivity contribution in [2.75, 3.05) is 12.4 Å². The molecule has 1 aromatic rings. The monoisotopic (exact) mass is 294 g/mol. The fourth-order valence-electron chi connectivity index (χ4n) is 2.03. The van der Waals surface area contributed by atoms with Gasteiger partial charge in [0.25, 0.3) is 0 Å². The molecule has 1 atom stereocenters. The highest BCUT2D eigenvalue weighted by molar-refractivity contribution is 5.94. The minimum absolute atomic E-state index is 0.358. The van der Waals surface area contributed by atoms with Crippen LogP contribution in [0.25, 0.3) is 0 Å². The van der Waals surface area contributed by atoms with Gasteiger partial charge in [0.1, 0.15) is 11.3 Å². The van der Waals surface area contributed by atoms with Gasteiger partial charge in [-0.1, -0.05) is 13.3 Å². The Bertz CT molecular complexity index is 530. The van der Waals surface area contributed by atoms with Crippen LogP contribution in [-0.2, 0) is 4.79 Å². The summed E-state index contributed by atoms with van der Waals surface area (Å²) in [6, 6.07) is 4.69. The molecule has 1 rings (SSSR count). The number of ether oxygens (including phenoxy) is 1. The van der Waals surface area contributed by atoms with E-state index in [0.717, 1.165) is 5.56 Å². The third-order valence-electron chi connectivity index (χ3n) is 3.29. The second kappa shape index (κ2) is 6.97. The number of aryl methyl sites for hydroxylation is 1. The van der Waals surface area contributed by atoms with Crippen molar-refractivity contribution >= 4 is 17.7 Å². The molecule has 0 radical (unpaired) electrons. The lowest BCUT2D eigenvalue weighted by Crippen LogP contribution is -2.53. The smallest absolute Gasteiger partial charge is 0.329 e. The van der Waals surface area contributed by atoms with Gasteiger partial charge in [0.2, 0.25) is 0 Å². The number of rotatable bonds is 6. The molecule has 1 unspecified atom stereocenters. The molecule has 0 fully saturated rings. The number of aliphatic carboxylic acids is 1. The van der Waals surface area contributed by atoms with Gasteiger partial charge in [0.15, 0.2) is 0 Å². The number of methoxy groups -OCH3 is 1. The maximum Gasteiger partial charge on any atom is 0.329 e. The van der Waals surface area contributed by atoms with Crippen LogP contribution >= 0.6 is 0 Å². The summed E-state index contributed by atoms with van der Waals surface area (Å²) >= 11 is 0. The Morgan fingerprint density at radius 1 is 1.38 bits per heavy atom. The molecule has 0 spiro atoms. The highest BCUT2D eigenvalue weighted by atomic mass is 16.5. The third kappa shape index (κ3) is 4.37. The molecule has 1 aromatic carbocycles. The van der Waals surface area contributed by atoms with Gasteiger partial charge >= 0.3 is 12.0 Å². The molecule has 3 N–H and O–H groups in total. The van der Waals surface area contributed by atoms with Crippen molar-refractivity contribution in [3.8, 4) is 5.75 Å². The SMILES string of the molecule is CCCC(C)(NC(=O)Nc1ccc(OC)cc1C)C(=O)O. The first-order valence-corrected chi connectivity index (χ1v) is 6.79. The molecule has 0 heterocycles. The highest BCUT2D eigenvalue weighted by Crippen LogP contribution is 2.21. The van der Waals surface area contributed by atoms with Gasteiger partial charge < -0.3 is 20.5 Å². The Balaban J connectivity index is 2.79. The van der Waals surface area contributed by atoms with E-state index in [4.69, 9.17) is 4.74 Å². The molecule has 116 valence electrons. The van der Waals surface area contributed by atoms with Crippen LogP contribution in [0.5, 0.6) is 5.75 Å². The molecule has 0 saturated carbocycles. The lowest BCUT2D eigenvalue weighted by atomic mass is 9.97. The first-order valence-electron chi connectivity index (χ1n) is 6.79. The summed E-state index contributed by atoms with van der Waals surface area (Å²) in [5.41, 5.74) is 0.161. The lowest BCUT2D eigenvalue weighted by molar-refractivity contribution is -0.143. The van der Waals surface area contributed by atoms with Crippen LogP contribution in [0.3, 0.4) is 0 Å². The topological polar surface area (TPSA) is 87.7 Å². The van der Waals surface area contributed by atoms with Crippen LogP contribution in [0.4, 0.5) is 10.5 Å². The van der Waals surface area contributed by atoms with Gasteiger partial charge in [0.05, 0.1) is 7.11 Å². The molecular weight excluding hydrogens is 272 g/mol. The maximum absolute atomic E-state index is 12.0. The van der Waals surface area contributed by atoms with Gasteiger partial charge in [-0.2, -0.15) is 0 Å². The molecular formula is C15H22N2O4. The number of nitrogens with one attached hydrogen (secondary N) is 2. The van der Waals surface area contributed by atoms with E-state index >= 15 is 0 Å². The van der Waals surface area contributed by atoms with Gasteiger partial charge in [-0.25, -0.2) is 9.59 Å². The Morgan fingerprint density at radius 2 is 2.05 bits per heavy atom. The Morgan fingerprint density at radius 3 is 2.52 bits per heavy atom. The minimum Gasteiger partial charge on any atom is -0.497 e. The van der Waals surface area contributed by atoms with E-state index in [1.54, 1.807) is 25.3 Å². The van der Waals surface area contributed by atoms with Crippen molar-refractivity contribution in [2.45, 2.75) is 39.2 Å². The van der Waals surface area contributed by atoms with Crippen molar-refractivity contribution in [1.29, 1.82) is 0 Å². The van der Waals surface area contributed by atoms with Crippen LogP contribution in [0.2, 0.25) is 0 Å². The number of hydrogen-bond donors (Lipinski definition) is 3. The van der Waals surface area contributed by atoms with Gasteiger partial charge in [-0.15, -0.1) is 0 Å². The van der Waals surface area contributed by atoms with Crippen molar-refractivity contribution in [2.24, 2.45) is 0 Å². The average Bonchev–Trinajstić information content (AvgIpc) is 2.41. The fraction of sp³-hybridized carbons (Fsp3) is 0.467. The summed E-state index contributed by atoms with van der Waals surface area (Å²) in [7, 11) is 1.57. The maximum atomic E-state index is 12.0. The third-order valence-corrected chi connectivity index (χ3v) is 3.29. The molecule has 21 heavy (non-hydrogen) atoms. The van der Waals surface area contributed by atoms with Crippen LogP contribution in [0, 0.1) is 6.92 Å². The Labute approximate surface area is 124 Å². The van der Waals surface area contributed by atoms with E-state index in [9.17, 15) is 14.7 Å². The molecule has 6 heteroatoms. The molecule has 2 amide bonds. The first-order chi connectivity index (χ1) is 9.82. The number of carbonyl (C=O) groups excluding carboxylic acids is 1. The van der Waals surface area contributed by atoms with Crippen LogP contribution in [0.15, 0.2) is 18.2 Å². The van der Waals surface area contributed by atoms with Crippen LogP contribution in [-0.4, -0.2) is 29.8 Å². The standard InChI is InChI=1S/C15H22N2O4/c1-5-8-15(3,13(18)19)17-14(20)16-12-7-6-11(21-4)9-10(12)2/h6-7,9H,5,8H2,1-4H3,(H,18,19)(H2,16,17,20). The van der Waals surface area contributed by atoms with E-state index in [2.05, 4.69) is 10.6 Å². The highest BCUT2D eigenvalue weighted by Gasteiger charge is 2.33. The van der Waals surface area contributed by atoms with E-state index in [0.29, 0.717) is 24.3 Å². The number of urea groups is 1. The number of anilines is 1. The van der Waals surface area contributed by atoms with E-state index in [-0.39, 0.29) is 0 Å². The zero-order valence-electron chi connectivity index (χ0n) is 12.8. The number of carbonyl (C=O) groups is 2. The quantitative estimate of drug-likeness (QED) is 0.752. The number of benzene rings is 1. The summed E-state index contributed by atoms with van der Waals surface area (Å²) in [5.74, 6) is -0.356. The van der Waals surface area contributed by atoms with E-state index in [1.807, 2.05) is 13.8 Å². The Hall–Kier alpha value is -2.24. The Kier molecular flexibility index (Phi) is 5.58. The van der Waals surface area contributed by atoms with Crippen molar-refractivity contribution in [3.63, 3.8) is 0 Å². The predicted molar refractivity (Wildman–Crippen MR) is 80.8 cm³/mol. The van der Waals surface area contributed by atoms with E-state index < -0.39 is 17.5 Å². The zero-order valence-corrected chi connectivity index (χ0v) is 12.8. The summed E-state index contributed by atoms with van der Waals surface area (Å²) in [6.45, 7) is 5.20. The second-order valence-corrected chi connectivity index (χ2v) is 5.15. The average molecular weight is 294 g/mol. The molecule has 0 saturated heterocycles. The van der Waals surface area contributed by atoms with Crippen molar-refractivity contribution < 1.29 is 19.4 Å². The van der Waals surface area contributed by atoms with Gasteiger partial charge in [0, 0.05) is 5.69 Å². The zero-order chi connectivity index (χ0) is 16.0. The number of amides is 2. The number of carboxylic acids is 1. The molecule has 0 aliphatic heterocycles. The largest absolute Gasteiger partial charge is 0.497 e. The summed E-state index contributed by atoms with van der Waals surface area (Å²) in [6.07, 6.45) is 1.02. The molecule has 6 nitrogen and oxygen atoms in total. The van der Waals surface area contributed by atoms with E-state index in [1.165, 1.54) is 6.92 Å². The molecule has 0 bridgehead atoms. The van der Waals surface area contributed by atoms with Crippen molar-refractivity contribution in [3.05, 3.63) is 23.8 Å². The van der Waals surface area contributed by atoms with Gasteiger partial charge in [-0.3, -0.25) is 0 Å². The molecule has 0 aromatic heterocycles. The predicted octanol–water partition coefficient (Wildman–Crippen LogP) is 2.77. The fourth-order valence-corrected chi connectivity index (χ4v) is 2.03. The van der Waals surface area contributed by atoms with Crippen LogP contribution < -0.4 is 15.4 Å². The summed E-state index contributed by atoms with van der Waals surface area (Å²) in [5, 5.41) is 14.4. The van der Waals surface area contributed by atoms with Gasteiger partial charge in [-0.05, 0) is 44.0 Å². The minimum atomic E-state index is -1.28. The van der Waals surface area contributed by atoms with Crippen LogP contribution in [0.1, 0.15) is 32.3 Å². The molecule has 0 aliphatic carbocycles.